The van der Waals surface area contributed by atoms with Crippen LogP contribution in [0.3, 0.4) is 0 Å². The van der Waals surface area contributed by atoms with Gasteiger partial charge in [0.05, 0.1) is 12.4 Å². The third kappa shape index (κ3) is 3.20. The van der Waals surface area contributed by atoms with Crippen molar-refractivity contribution in [2.24, 2.45) is 5.92 Å². The highest BCUT2D eigenvalue weighted by molar-refractivity contribution is 7.96. The Kier molecular flexibility index (Phi) is 4.79. The lowest BCUT2D eigenvalue weighted by molar-refractivity contribution is 0.263. The molecular weight excluding hydrogens is 366 g/mol. The van der Waals surface area contributed by atoms with Crippen molar-refractivity contribution in [2.45, 2.75) is 50.6 Å². The molecule has 150 valence electrons. The second-order valence-corrected chi connectivity index (χ2v) is 9.68. The number of fused-ring (bicyclic) bond motifs is 3. The van der Waals surface area contributed by atoms with E-state index in [4.69, 9.17) is 0 Å². The van der Waals surface area contributed by atoms with Crippen molar-refractivity contribution in [3.05, 3.63) is 30.6 Å². The van der Waals surface area contributed by atoms with Crippen LogP contribution in [0.1, 0.15) is 44.1 Å². The lowest BCUT2D eigenvalue weighted by Gasteiger charge is -2.47. The molecule has 0 atom stereocenters. The average molecular weight is 398 g/mol. The molecule has 2 fully saturated rings. The minimum absolute atomic E-state index is 0.615. The summed E-state index contributed by atoms with van der Waals surface area (Å²) in [5.41, 5.74) is 4.75. The van der Waals surface area contributed by atoms with E-state index in [1.165, 1.54) is 67.4 Å². The van der Waals surface area contributed by atoms with Gasteiger partial charge in [0.1, 0.15) is 5.65 Å². The van der Waals surface area contributed by atoms with Crippen molar-refractivity contribution >= 4 is 34.4 Å². The second kappa shape index (κ2) is 7.30. The highest BCUT2D eigenvalue weighted by atomic mass is 32.2. The average Bonchev–Trinajstić information content (AvgIpc) is 3.44. The van der Waals surface area contributed by atoms with Crippen LogP contribution >= 0.6 is 11.9 Å². The first-order valence-corrected chi connectivity index (χ1v) is 11.8. The van der Waals surface area contributed by atoms with Gasteiger partial charge in [0.25, 0.3) is 0 Å². The van der Waals surface area contributed by atoms with Crippen molar-refractivity contribution in [1.82, 2.24) is 19.2 Å². The van der Waals surface area contributed by atoms with Crippen LogP contribution in [0.15, 0.2) is 25.0 Å². The van der Waals surface area contributed by atoms with Gasteiger partial charge in [-0.3, -0.25) is 4.31 Å². The summed E-state index contributed by atoms with van der Waals surface area (Å²) in [6, 6.07) is 3.48. The lowest BCUT2D eigenvalue weighted by atomic mass is 9.84. The first-order valence-electron chi connectivity index (χ1n) is 10.6. The van der Waals surface area contributed by atoms with E-state index < -0.39 is 0 Å². The first kappa shape index (κ1) is 18.4. The Labute approximate surface area is 172 Å². The fourth-order valence-corrected chi connectivity index (χ4v) is 5.45. The van der Waals surface area contributed by atoms with E-state index in [9.17, 15) is 0 Å². The summed E-state index contributed by atoms with van der Waals surface area (Å²) in [7, 11) is 2.21. The number of H-pyrrole nitrogens is 1. The molecule has 6 heteroatoms. The molecule has 0 amide bonds. The SMILES string of the molecule is C=C1c2cnc3[nH]ccc3c2N([C@H]2CC[C@H](CN(C)SC)CC2)CN1C1CC1. The summed E-state index contributed by atoms with van der Waals surface area (Å²) in [4.78, 5) is 13.2. The Bertz CT molecular complexity index is 865. The van der Waals surface area contributed by atoms with Crippen LogP contribution in [0.25, 0.3) is 16.7 Å². The van der Waals surface area contributed by atoms with E-state index in [0.717, 1.165) is 18.2 Å². The standard InChI is InChI=1S/C22H31N5S/c1-15-20-12-24-22-19(10-11-23-22)21(20)27(14-26(15)17-8-9-17)18-6-4-16(5-7-18)13-25(2)28-3/h10-12,16-18H,1,4-9,13-14H2,2-3H3,(H,23,24)/t16-,18-. The maximum absolute atomic E-state index is 4.68. The molecule has 0 aromatic carbocycles. The molecule has 28 heavy (non-hydrogen) atoms. The maximum Gasteiger partial charge on any atom is 0.139 e. The van der Waals surface area contributed by atoms with Gasteiger partial charge in [0.15, 0.2) is 0 Å². The maximum atomic E-state index is 4.68. The number of hydrogen-bond acceptors (Lipinski definition) is 5. The van der Waals surface area contributed by atoms with Crippen LogP contribution in [-0.4, -0.2) is 57.8 Å². The van der Waals surface area contributed by atoms with Gasteiger partial charge >= 0.3 is 0 Å². The van der Waals surface area contributed by atoms with E-state index in [1.54, 1.807) is 0 Å². The summed E-state index contributed by atoms with van der Waals surface area (Å²) in [6.07, 6.45) is 14.0. The van der Waals surface area contributed by atoms with Crippen LogP contribution < -0.4 is 4.90 Å². The largest absolute Gasteiger partial charge is 0.351 e. The zero-order valence-corrected chi connectivity index (χ0v) is 17.8. The van der Waals surface area contributed by atoms with Gasteiger partial charge in [-0.1, -0.05) is 18.5 Å². The number of aromatic amines is 1. The van der Waals surface area contributed by atoms with Gasteiger partial charge in [-0.05, 0) is 63.8 Å². The Morgan fingerprint density at radius 3 is 2.61 bits per heavy atom. The van der Waals surface area contributed by atoms with Crippen LogP contribution in [0.4, 0.5) is 5.69 Å². The number of rotatable bonds is 5. The van der Waals surface area contributed by atoms with E-state index in [1.807, 2.05) is 24.3 Å². The molecule has 0 saturated heterocycles. The minimum Gasteiger partial charge on any atom is -0.351 e. The molecule has 1 aliphatic heterocycles. The van der Waals surface area contributed by atoms with Gasteiger partial charge in [-0.2, -0.15) is 0 Å². The van der Waals surface area contributed by atoms with E-state index in [2.05, 4.69) is 50.0 Å². The smallest absolute Gasteiger partial charge is 0.139 e. The quantitative estimate of drug-likeness (QED) is 0.750. The summed E-state index contributed by atoms with van der Waals surface area (Å²) in [6.45, 7) is 6.66. The molecule has 2 aliphatic carbocycles. The molecule has 3 heterocycles. The van der Waals surface area contributed by atoms with Crippen molar-refractivity contribution < 1.29 is 0 Å². The molecule has 0 radical (unpaired) electrons. The lowest BCUT2D eigenvalue weighted by Crippen LogP contribution is -2.49. The third-order valence-corrected chi connectivity index (χ3v) is 7.65. The topological polar surface area (TPSA) is 38.4 Å². The highest BCUT2D eigenvalue weighted by Gasteiger charge is 2.39. The molecular formula is C22H31N5S. The molecule has 2 saturated carbocycles. The Morgan fingerprint density at radius 1 is 1.18 bits per heavy atom. The molecule has 0 spiro atoms. The molecule has 1 N–H and O–H groups in total. The monoisotopic (exact) mass is 397 g/mol. The highest BCUT2D eigenvalue weighted by Crippen LogP contribution is 2.45. The minimum atomic E-state index is 0.615. The number of pyridine rings is 1. The number of hydrogen-bond donors (Lipinski definition) is 1. The molecule has 2 aromatic rings. The molecule has 5 rings (SSSR count). The zero-order chi connectivity index (χ0) is 19.3. The number of nitrogens with zero attached hydrogens (tertiary/aromatic N) is 4. The second-order valence-electron chi connectivity index (χ2n) is 8.69. The van der Waals surface area contributed by atoms with Crippen molar-refractivity contribution in [3.63, 3.8) is 0 Å². The van der Waals surface area contributed by atoms with Crippen LogP contribution in [-0.2, 0) is 0 Å². The zero-order valence-electron chi connectivity index (χ0n) is 17.0. The first-order chi connectivity index (χ1) is 13.7. The van der Waals surface area contributed by atoms with Crippen molar-refractivity contribution in [2.75, 3.05) is 31.4 Å². The number of anilines is 1. The van der Waals surface area contributed by atoms with Crippen LogP contribution in [0, 0.1) is 5.92 Å². The summed E-state index contributed by atoms with van der Waals surface area (Å²) >= 11 is 1.85. The summed E-state index contributed by atoms with van der Waals surface area (Å²) in [5.74, 6) is 0.831. The van der Waals surface area contributed by atoms with Gasteiger partial charge in [0, 0.05) is 47.7 Å². The van der Waals surface area contributed by atoms with Gasteiger partial charge in [-0.15, -0.1) is 0 Å². The number of aromatic nitrogens is 2. The van der Waals surface area contributed by atoms with Crippen molar-refractivity contribution in [3.8, 4) is 0 Å². The van der Waals surface area contributed by atoms with E-state index in [-0.39, 0.29) is 0 Å². The Morgan fingerprint density at radius 2 is 1.89 bits per heavy atom. The molecule has 3 aliphatic rings. The van der Waals surface area contributed by atoms with E-state index >= 15 is 0 Å². The third-order valence-electron chi connectivity index (χ3n) is 6.88. The molecule has 0 bridgehead atoms. The summed E-state index contributed by atoms with van der Waals surface area (Å²) < 4.78 is 2.38. The normalized spacial score (nSPS) is 25.6. The van der Waals surface area contributed by atoms with Crippen molar-refractivity contribution in [1.29, 1.82) is 0 Å². The molecule has 5 nitrogen and oxygen atoms in total. The molecule has 2 aromatic heterocycles. The van der Waals surface area contributed by atoms with E-state index in [0.29, 0.717) is 12.1 Å². The Hall–Kier alpha value is -1.66. The van der Waals surface area contributed by atoms with Crippen LogP contribution in [0.2, 0.25) is 0 Å². The predicted molar refractivity (Wildman–Crippen MR) is 119 cm³/mol. The van der Waals surface area contributed by atoms with Gasteiger partial charge in [-0.25, -0.2) is 4.98 Å². The predicted octanol–water partition coefficient (Wildman–Crippen LogP) is 4.54. The summed E-state index contributed by atoms with van der Waals surface area (Å²) in [5, 5.41) is 1.25. The van der Waals surface area contributed by atoms with Gasteiger partial charge in [0.2, 0.25) is 0 Å². The fraction of sp³-hybridized carbons (Fsp3) is 0.591. The fourth-order valence-electron chi connectivity index (χ4n) is 5.09. The van der Waals surface area contributed by atoms with Gasteiger partial charge < -0.3 is 14.8 Å². The Balaban J connectivity index is 1.43. The number of nitrogens with one attached hydrogen (secondary N) is 1. The van der Waals surface area contributed by atoms with Crippen LogP contribution in [0.5, 0.6) is 0 Å². The molecule has 0 unspecified atom stereocenters.